The first kappa shape index (κ1) is 132. The van der Waals surface area contributed by atoms with Gasteiger partial charge in [-0.1, -0.05) is 329 Å². The van der Waals surface area contributed by atoms with Crippen molar-refractivity contribution in [3.8, 4) is 33.4 Å². The van der Waals surface area contributed by atoms with Gasteiger partial charge < -0.3 is 129 Å². The Kier molecular flexibility index (Phi) is 71.2. The molecule has 0 atom stereocenters. The molecule has 0 aliphatic rings. The molecule has 0 bridgehead atoms. The van der Waals surface area contributed by atoms with E-state index >= 15 is 0 Å². The van der Waals surface area contributed by atoms with E-state index < -0.39 is 122 Å². The second kappa shape index (κ2) is 74.2. The Balaban J connectivity index is -0.000000368. The largest absolute Gasteiger partial charge is 0.545 e. The van der Waals surface area contributed by atoms with Crippen LogP contribution in [0.4, 0.5) is 22.7 Å². The lowest BCUT2D eigenvalue weighted by molar-refractivity contribution is -0.257. The molecule has 0 fully saturated rings. The number of carbonyl (C=O) groups is 13. The Bertz CT molecular complexity index is 5200. The molecule has 11 aromatic carbocycles. The summed E-state index contributed by atoms with van der Waals surface area (Å²) in [6.45, 7) is 56.9. The summed E-state index contributed by atoms with van der Waals surface area (Å²) in [5, 5.41) is 155. The van der Waals surface area contributed by atoms with E-state index in [2.05, 4.69) is 104 Å². The van der Waals surface area contributed by atoms with Crippen LogP contribution < -0.4 is 66.4 Å². The molecule has 0 heterocycles. The van der Waals surface area contributed by atoms with Crippen molar-refractivity contribution in [2.75, 3.05) is 0 Å². The van der Waals surface area contributed by atoms with E-state index in [1.165, 1.54) is 95.1 Å². The Morgan fingerprint density at radius 2 is 0.304 bits per heavy atom. The Morgan fingerprint density at radius 1 is 0.167 bits per heavy atom. The molecular weight excluding hydrogens is 1770 g/mol. The van der Waals surface area contributed by atoms with Crippen LogP contribution in [0.15, 0.2) is 257 Å². The summed E-state index contributed by atoms with van der Waals surface area (Å²) < 4.78 is 0. The molecule has 744 valence electrons. The minimum Gasteiger partial charge on any atom is -0.545 e. The van der Waals surface area contributed by atoms with Gasteiger partial charge >= 0.3 is 0 Å². The van der Waals surface area contributed by atoms with Crippen molar-refractivity contribution in [2.45, 2.75) is 199 Å². The number of hydrogen-bond acceptors (Lipinski definition) is 30. The average molecular weight is 1890 g/mol. The number of aromatic carboxylic acids is 13. The lowest BCUT2D eigenvalue weighted by atomic mass is 9.86. The van der Waals surface area contributed by atoms with Crippen LogP contribution in [-0.2, 0) is 5.41 Å². The van der Waals surface area contributed by atoms with Crippen molar-refractivity contribution >= 4 is 100 Å². The molecular formula is C108H123N4O26-13. The number of carboxylic acids is 13. The monoisotopic (exact) mass is 1890 g/mol. The quantitative estimate of drug-likeness (QED) is 0.0639. The normalized spacial score (nSPS) is 9.28. The van der Waals surface area contributed by atoms with Gasteiger partial charge in [-0.15, -0.1) is 0 Å². The summed E-state index contributed by atoms with van der Waals surface area (Å²) >= 11 is 0. The highest BCUT2D eigenvalue weighted by Gasteiger charge is 2.15. The summed E-state index contributed by atoms with van der Waals surface area (Å²) in [7, 11) is 0. The second-order valence-corrected chi connectivity index (χ2v) is 25.6. The van der Waals surface area contributed by atoms with E-state index in [0.717, 1.165) is 95.1 Å². The Labute approximate surface area is 809 Å². The standard InChI is InChI=1S/C17H18O2.C16H10N2O8.C16H10O8.C14H10N2O4.C14H10O4.C9H12.11C2H6/c1-17(2,3)15-10-8-13(9-11-15)12-4-6-14(7-5-12)16(18)19;19-13(20)7-1-8(14(21)22)4-11(3-7)17-18-12-5-9(15(23)24)2-10(6-12)16(25)26;17-13(18)9-1-7(2-10(5-9)14(19)20)8-3-11(15(21)22)6-12(4-8)16(23)24;17-13(18)9-1-5-11(6-2-9)15-16-12-7-3-10(4-8-12)14(19)20;15-13(16)11-5-1-9(2-6-11)10-3-7-12(8-4-10)14(17)18;1-7-4-8(2)6-9(3)5-7;11*1-2/h4-11H,1-3H3,(H,18,19);1-6H,(H,19,20)(H,21,22)(H,23,24)(H,25,26);1-6H,(H,17,18)(H,19,20)(H,21,22)(H,23,24);1-8H,(H,17,18)(H,19,20);1-8H,(H,15,16)(H,17,18);4-6H,1-3H3;11*1-2H3/p-13. The minimum atomic E-state index is -1.67. The first-order valence-corrected chi connectivity index (χ1v) is 44.4. The fourth-order valence-corrected chi connectivity index (χ4v) is 10.2. The van der Waals surface area contributed by atoms with E-state index in [-0.39, 0.29) is 55.7 Å². The van der Waals surface area contributed by atoms with Crippen LogP contribution in [-0.4, -0.2) is 77.6 Å². The average Bonchev–Trinajstić information content (AvgIpc) is 0.795. The van der Waals surface area contributed by atoms with Crippen molar-refractivity contribution < 1.29 is 129 Å². The number of aryl methyl sites for hydroxylation is 3. The van der Waals surface area contributed by atoms with Gasteiger partial charge in [-0.3, -0.25) is 0 Å². The number of carbonyl (C=O) groups excluding carboxylic acids is 13. The van der Waals surface area contributed by atoms with Crippen LogP contribution in [0.25, 0.3) is 33.4 Å². The lowest BCUT2D eigenvalue weighted by Gasteiger charge is -2.19. The topological polar surface area (TPSA) is 571 Å². The van der Waals surface area contributed by atoms with Gasteiger partial charge in [-0.05, 0) is 212 Å². The summed E-state index contributed by atoms with van der Waals surface area (Å²) in [6.07, 6.45) is 0. The van der Waals surface area contributed by atoms with Crippen molar-refractivity contribution in [3.05, 3.63) is 331 Å². The molecule has 0 radical (unpaired) electrons. The molecule has 0 saturated heterocycles. The van der Waals surface area contributed by atoms with E-state index in [4.69, 9.17) is 0 Å². The van der Waals surface area contributed by atoms with Crippen LogP contribution in [0.5, 0.6) is 0 Å². The van der Waals surface area contributed by atoms with E-state index in [9.17, 15) is 129 Å². The summed E-state index contributed by atoms with van der Waals surface area (Å²) in [5.41, 5.74) is 6.07. The van der Waals surface area contributed by atoms with Crippen molar-refractivity contribution in [2.24, 2.45) is 20.5 Å². The molecule has 11 aromatic rings. The van der Waals surface area contributed by atoms with Gasteiger partial charge in [0.2, 0.25) is 0 Å². The highest BCUT2D eigenvalue weighted by atomic mass is 16.4. The fraction of sp³-hybridized carbons (Fsp3) is 0.269. The van der Waals surface area contributed by atoms with Crippen LogP contribution in [0, 0.1) is 20.8 Å². The maximum Gasteiger partial charge on any atom is 0.0870 e. The third kappa shape index (κ3) is 50.0. The van der Waals surface area contributed by atoms with Gasteiger partial charge in [-0.25, -0.2) is 0 Å². The second-order valence-electron chi connectivity index (χ2n) is 25.6. The Morgan fingerprint density at radius 3 is 0.457 bits per heavy atom. The smallest absolute Gasteiger partial charge is 0.0870 e. The molecule has 0 aromatic heterocycles. The zero-order valence-electron chi connectivity index (χ0n) is 83.4. The zero-order chi connectivity index (χ0) is 108. The lowest BCUT2D eigenvalue weighted by Crippen LogP contribution is -2.26. The van der Waals surface area contributed by atoms with Crippen LogP contribution in [0.1, 0.15) is 330 Å². The minimum absolute atomic E-state index is 0.0542. The number of benzene rings is 11. The van der Waals surface area contributed by atoms with E-state index in [1.807, 2.05) is 152 Å². The molecule has 0 spiro atoms. The molecule has 0 unspecified atom stereocenters. The highest BCUT2D eigenvalue weighted by Crippen LogP contribution is 2.30. The number of azo groups is 2. The van der Waals surface area contributed by atoms with Crippen molar-refractivity contribution in [1.29, 1.82) is 0 Å². The third-order valence-corrected chi connectivity index (χ3v) is 15.8. The zero-order valence-corrected chi connectivity index (χ0v) is 83.4. The van der Waals surface area contributed by atoms with E-state index in [0.29, 0.717) is 11.4 Å². The first-order chi connectivity index (χ1) is 65.5. The number of carboxylic acid groups (broad SMARTS) is 13. The maximum absolute atomic E-state index is 11.0. The fourth-order valence-electron chi connectivity index (χ4n) is 10.2. The SMILES string of the molecule is CC.CC.CC.CC.CC.CC.CC.CC.CC.CC.CC.CC(C)(C)c1ccc(-c2ccc(C(=O)[O-])cc2)cc1.Cc1cc(C)cc(C)c1.O=C([O-])c1cc(C(=O)[O-])cc(-c2cc(C(=O)[O-])cc(C(=O)[O-])c2)c1.O=C([O-])c1cc(N=Nc2cc(C(=O)[O-])cc(C(=O)[O-])c2)cc(C(=O)[O-])c1.O=C([O-])c1ccc(-c2ccc(C(=O)[O-])cc2)cc1.O=C([O-])c1ccc(N=Nc2ccc(C(=O)[O-])cc2)cc1. The summed E-state index contributed by atoms with van der Waals surface area (Å²) in [5.74, 6) is -19.5. The van der Waals surface area contributed by atoms with Gasteiger partial charge in [0.05, 0.1) is 100 Å². The maximum atomic E-state index is 11.0. The van der Waals surface area contributed by atoms with Crippen LogP contribution >= 0.6 is 0 Å². The van der Waals surface area contributed by atoms with Crippen LogP contribution in [0.3, 0.4) is 0 Å². The molecule has 138 heavy (non-hydrogen) atoms. The predicted molar refractivity (Wildman–Crippen MR) is 510 cm³/mol. The molecule has 0 aliphatic carbocycles. The molecule has 0 aliphatic heterocycles. The molecule has 0 N–H and O–H groups in total. The number of nitrogens with zero attached hydrogens (tertiary/aromatic N) is 4. The van der Waals surface area contributed by atoms with E-state index in [1.54, 1.807) is 48.5 Å². The van der Waals surface area contributed by atoms with Crippen molar-refractivity contribution in [3.63, 3.8) is 0 Å². The molecule has 30 heteroatoms. The Hall–Kier alpha value is -16.3. The summed E-state index contributed by atoms with van der Waals surface area (Å²) in [4.78, 5) is 140. The van der Waals surface area contributed by atoms with Gasteiger partial charge in [0, 0.05) is 22.3 Å². The summed E-state index contributed by atoms with van der Waals surface area (Å²) in [6, 6.07) is 56.5. The van der Waals surface area contributed by atoms with Gasteiger partial charge in [0.25, 0.3) is 0 Å². The number of rotatable bonds is 20. The molecule has 30 nitrogen and oxygen atoms in total. The molecule has 11 rings (SSSR count). The number of hydrogen-bond donors (Lipinski definition) is 0. The van der Waals surface area contributed by atoms with Crippen LogP contribution in [0.2, 0.25) is 0 Å². The van der Waals surface area contributed by atoms with Crippen molar-refractivity contribution in [1.82, 2.24) is 0 Å². The van der Waals surface area contributed by atoms with Gasteiger partial charge in [0.1, 0.15) is 0 Å². The molecule has 0 saturated carbocycles. The first-order valence-electron chi connectivity index (χ1n) is 44.4. The highest BCUT2D eigenvalue weighted by molar-refractivity contribution is 5.99. The van der Waals surface area contributed by atoms with Gasteiger partial charge in [-0.2, -0.15) is 20.5 Å². The van der Waals surface area contributed by atoms with Gasteiger partial charge in [0.15, 0.2) is 0 Å². The molecule has 0 amide bonds. The third-order valence-electron chi connectivity index (χ3n) is 15.8. The predicted octanol–water partition coefficient (Wildman–Crippen LogP) is 12.2.